The van der Waals surface area contributed by atoms with Crippen LogP contribution in [0.25, 0.3) is 0 Å². The van der Waals surface area contributed by atoms with E-state index in [-0.39, 0.29) is 0 Å². The van der Waals surface area contributed by atoms with Gasteiger partial charge in [0.15, 0.2) is 0 Å². The van der Waals surface area contributed by atoms with Crippen LogP contribution in [0.5, 0.6) is 0 Å². The average Bonchev–Trinajstić information content (AvgIpc) is 2.80. The summed E-state index contributed by atoms with van der Waals surface area (Å²) in [5, 5.41) is 4.76. The second-order valence-electron chi connectivity index (χ2n) is 5.55. The van der Waals surface area contributed by atoms with Crippen molar-refractivity contribution in [2.24, 2.45) is 11.3 Å². The van der Waals surface area contributed by atoms with Crippen LogP contribution in [0, 0.1) is 18.3 Å². The van der Waals surface area contributed by atoms with Gasteiger partial charge in [-0.3, -0.25) is 0 Å². The predicted molar refractivity (Wildman–Crippen MR) is 69.7 cm³/mol. The zero-order valence-corrected chi connectivity index (χ0v) is 11.4. The molecule has 1 fully saturated rings. The fourth-order valence-corrected chi connectivity index (χ4v) is 3.20. The first kappa shape index (κ1) is 12.1. The van der Waals surface area contributed by atoms with Crippen LogP contribution in [-0.2, 0) is 6.54 Å². The maximum atomic E-state index is 4.27. The summed E-state index contributed by atoms with van der Waals surface area (Å²) >= 11 is 1.80. The lowest BCUT2D eigenvalue weighted by molar-refractivity contribution is 0.367. The zero-order valence-electron chi connectivity index (χ0n) is 10.5. The Labute approximate surface area is 102 Å². The number of nitrogens with one attached hydrogen (secondary N) is 1. The summed E-state index contributed by atoms with van der Waals surface area (Å²) in [5.41, 5.74) is 0.633. The number of hydrogen-bond acceptors (Lipinski definition) is 3. The van der Waals surface area contributed by atoms with Crippen LogP contribution in [0.1, 0.15) is 43.0 Å². The van der Waals surface area contributed by atoms with Gasteiger partial charge in [0, 0.05) is 24.2 Å². The van der Waals surface area contributed by atoms with Gasteiger partial charge in [-0.05, 0) is 37.5 Å². The van der Waals surface area contributed by atoms with Crippen LogP contribution in [0.3, 0.4) is 0 Å². The van der Waals surface area contributed by atoms with Gasteiger partial charge in [-0.2, -0.15) is 0 Å². The molecule has 0 unspecified atom stereocenters. The van der Waals surface area contributed by atoms with Crippen molar-refractivity contribution < 1.29 is 0 Å². The maximum Gasteiger partial charge on any atom is 0.0897 e. The lowest BCUT2D eigenvalue weighted by atomic mass is 9.94. The Morgan fingerprint density at radius 2 is 2.25 bits per heavy atom. The molecular weight excluding hydrogens is 216 g/mol. The number of rotatable bonds is 6. The van der Waals surface area contributed by atoms with Crippen LogP contribution < -0.4 is 5.32 Å². The molecule has 1 aromatic heterocycles. The molecule has 3 heteroatoms. The normalized spacial score (nSPS) is 18.0. The molecule has 2 rings (SSSR count). The van der Waals surface area contributed by atoms with Gasteiger partial charge >= 0.3 is 0 Å². The van der Waals surface area contributed by atoms with Gasteiger partial charge in [0.1, 0.15) is 0 Å². The van der Waals surface area contributed by atoms with Crippen molar-refractivity contribution in [2.75, 3.05) is 6.54 Å². The molecule has 1 aromatic rings. The minimum atomic E-state index is 0.633. The van der Waals surface area contributed by atoms with Crippen LogP contribution in [0.15, 0.2) is 6.20 Å². The Morgan fingerprint density at radius 3 is 2.75 bits per heavy atom. The Kier molecular flexibility index (Phi) is 3.65. The summed E-state index contributed by atoms with van der Waals surface area (Å²) < 4.78 is 0. The molecule has 0 amide bonds. The van der Waals surface area contributed by atoms with Gasteiger partial charge < -0.3 is 5.32 Å². The molecule has 1 N–H and O–H groups in total. The molecule has 0 aromatic carbocycles. The van der Waals surface area contributed by atoms with E-state index >= 15 is 0 Å². The smallest absolute Gasteiger partial charge is 0.0897 e. The van der Waals surface area contributed by atoms with E-state index < -0.39 is 0 Å². The second-order valence-corrected chi connectivity index (χ2v) is 6.87. The van der Waals surface area contributed by atoms with Gasteiger partial charge in [-0.1, -0.05) is 13.8 Å². The minimum Gasteiger partial charge on any atom is -0.311 e. The van der Waals surface area contributed by atoms with E-state index in [0.29, 0.717) is 5.41 Å². The van der Waals surface area contributed by atoms with E-state index in [9.17, 15) is 0 Å². The molecule has 1 saturated carbocycles. The molecule has 0 saturated heterocycles. The Balaban J connectivity index is 1.72. The largest absolute Gasteiger partial charge is 0.311 e. The molecule has 0 spiro atoms. The van der Waals surface area contributed by atoms with Crippen molar-refractivity contribution >= 4 is 11.3 Å². The van der Waals surface area contributed by atoms with E-state index in [4.69, 9.17) is 0 Å². The summed E-state index contributed by atoms with van der Waals surface area (Å²) in [6.45, 7) is 8.89. The first-order valence-corrected chi connectivity index (χ1v) is 7.03. The molecule has 1 aliphatic rings. The molecule has 1 heterocycles. The van der Waals surface area contributed by atoms with Crippen LogP contribution in [-0.4, -0.2) is 11.5 Å². The third-order valence-electron chi connectivity index (χ3n) is 3.27. The standard InChI is InChI=1S/C13H22N2S/c1-10(2)6-13(4-5-13)9-14-7-12-8-15-11(3)16-12/h8,10,14H,4-7,9H2,1-3H3. The topological polar surface area (TPSA) is 24.9 Å². The van der Waals surface area contributed by atoms with Gasteiger partial charge in [-0.25, -0.2) is 4.98 Å². The third kappa shape index (κ3) is 3.29. The summed E-state index contributed by atoms with van der Waals surface area (Å²) in [6.07, 6.45) is 6.20. The minimum absolute atomic E-state index is 0.633. The molecule has 90 valence electrons. The van der Waals surface area contributed by atoms with Crippen molar-refractivity contribution in [3.63, 3.8) is 0 Å². The quantitative estimate of drug-likeness (QED) is 0.822. The van der Waals surface area contributed by atoms with Crippen LogP contribution in [0.4, 0.5) is 0 Å². The highest BCUT2D eigenvalue weighted by Gasteiger charge is 2.42. The monoisotopic (exact) mass is 238 g/mol. The van der Waals surface area contributed by atoms with Gasteiger partial charge in [0.2, 0.25) is 0 Å². The van der Waals surface area contributed by atoms with E-state index in [1.165, 1.54) is 35.7 Å². The van der Waals surface area contributed by atoms with E-state index in [2.05, 4.69) is 31.1 Å². The van der Waals surface area contributed by atoms with Crippen molar-refractivity contribution in [1.82, 2.24) is 10.3 Å². The highest BCUT2D eigenvalue weighted by molar-refractivity contribution is 7.11. The zero-order chi connectivity index (χ0) is 11.6. The molecule has 0 aliphatic heterocycles. The van der Waals surface area contributed by atoms with Crippen molar-refractivity contribution in [3.8, 4) is 0 Å². The Hall–Kier alpha value is -0.410. The SMILES string of the molecule is Cc1ncc(CNCC2(CC(C)C)CC2)s1. The predicted octanol–water partition coefficient (Wildman–Crippen LogP) is 3.37. The first-order valence-electron chi connectivity index (χ1n) is 6.22. The highest BCUT2D eigenvalue weighted by Crippen LogP contribution is 2.50. The lowest BCUT2D eigenvalue weighted by Gasteiger charge is -2.17. The molecule has 0 atom stereocenters. The molecular formula is C13H22N2S. The fourth-order valence-electron chi connectivity index (χ4n) is 2.43. The van der Waals surface area contributed by atoms with Gasteiger partial charge in [-0.15, -0.1) is 11.3 Å². The van der Waals surface area contributed by atoms with Crippen LogP contribution in [0.2, 0.25) is 0 Å². The van der Waals surface area contributed by atoms with Crippen LogP contribution >= 0.6 is 11.3 Å². The molecule has 2 nitrogen and oxygen atoms in total. The lowest BCUT2D eigenvalue weighted by Crippen LogP contribution is -2.24. The second kappa shape index (κ2) is 4.84. The number of nitrogens with zero attached hydrogens (tertiary/aromatic N) is 1. The van der Waals surface area contributed by atoms with Crippen molar-refractivity contribution in [2.45, 2.75) is 46.6 Å². The van der Waals surface area contributed by atoms with Gasteiger partial charge in [0.05, 0.1) is 5.01 Å². The Bertz CT molecular complexity index is 339. The molecule has 0 bridgehead atoms. The molecule has 1 aliphatic carbocycles. The number of hydrogen-bond donors (Lipinski definition) is 1. The summed E-state index contributed by atoms with van der Waals surface area (Å²) in [7, 11) is 0. The number of aryl methyl sites for hydroxylation is 1. The molecule has 0 radical (unpaired) electrons. The van der Waals surface area contributed by atoms with E-state index in [1.54, 1.807) is 11.3 Å². The summed E-state index contributed by atoms with van der Waals surface area (Å²) in [4.78, 5) is 5.63. The number of thiazole rings is 1. The van der Waals surface area contributed by atoms with E-state index in [1.807, 2.05) is 6.20 Å². The van der Waals surface area contributed by atoms with Crippen molar-refractivity contribution in [1.29, 1.82) is 0 Å². The van der Waals surface area contributed by atoms with E-state index in [0.717, 1.165) is 12.5 Å². The summed E-state index contributed by atoms with van der Waals surface area (Å²) in [5.74, 6) is 0.829. The third-order valence-corrected chi connectivity index (χ3v) is 4.18. The first-order chi connectivity index (χ1) is 7.60. The summed E-state index contributed by atoms with van der Waals surface area (Å²) in [6, 6.07) is 0. The highest BCUT2D eigenvalue weighted by atomic mass is 32.1. The average molecular weight is 238 g/mol. The fraction of sp³-hybridized carbons (Fsp3) is 0.769. The Morgan fingerprint density at radius 1 is 1.50 bits per heavy atom. The maximum absolute atomic E-state index is 4.27. The number of aromatic nitrogens is 1. The van der Waals surface area contributed by atoms with Gasteiger partial charge in [0.25, 0.3) is 0 Å². The van der Waals surface area contributed by atoms with Crippen molar-refractivity contribution in [3.05, 3.63) is 16.1 Å². The molecule has 16 heavy (non-hydrogen) atoms.